The first-order valence-corrected chi connectivity index (χ1v) is 11.4. The van der Waals surface area contributed by atoms with Crippen molar-refractivity contribution in [3.8, 4) is 0 Å². The van der Waals surface area contributed by atoms with Crippen molar-refractivity contribution in [3.63, 3.8) is 0 Å². The van der Waals surface area contributed by atoms with Gasteiger partial charge < -0.3 is 10.1 Å². The number of hydrogen-bond donors (Lipinski definition) is 1. The highest BCUT2D eigenvalue weighted by molar-refractivity contribution is 8.38. The smallest absolute Gasteiger partial charge is 0.338 e. The lowest BCUT2D eigenvalue weighted by Gasteiger charge is -2.29. The van der Waals surface area contributed by atoms with Crippen LogP contribution in [0.5, 0.6) is 0 Å². The van der Waals surface area contributed by atoms with Crippen molar-refractivity contribution in [1.82, 2.24) is 5.32 Å². The highest BCUT2D eigenvalue weighted by Crippen LogP contribution is 2.27. The molecule has 1 aromatic carbocycles. The fourth-order valence-electron chi connectivity index (χ4n) is 3.38. The summed E-state index contributed by atoms with van der Waals surface area (Å²) in [5.74, 6) is 1.51. The summed E-state index contributed by atoms with van der Waals surface area (Å²) in [5.41, 5.74) is 1.43. The van der Waals surface area contributed by atoms with Crippen LogP contribution in [-0.4, -0.2) is 41.2 Å². The van der Waals surface area contributed by atoms with Gasteiger partial charge in [-0.15, -0.1) is 0 Å². The zero-order chi connectivity index (χ0) is 19.1. The predicted octanol–water partition coefficient (Wildman–Crippen LogP) is 3.87. The summed E-state index contributed by atoms with van der Waals surface area (Å²) in [6, 6.07) is 7.60. The maximum absolute atomic E-state index is 12.5. The molecule has 2 atom stereocenters. The van der Waals surface area contributed by atoms with Gasteiger partial charge in [0.1, 0.15) is 4.38 Å². The number of esters is 1. The van der Waals surface area contributed by atoms with E-state index in [1.165, 1.54) is 6.42 Å². The summed E-state index contributed by atoms with van der Waals surface area (Å²) in [4.78, 5) is 29.1. The molecule has 0 saturated heterocycles. The molecule has 146 valence electrons. The molecule has 0 bridgehead atoms. The summed E-state index contributed by atoms with van der Waals surface area (Å²) in [7, 11) is 0. The van der Waals surface area contributed by atoms with Gasteiger partial charge in [0.2, 0.25) is 0 Å². The first kappa shape index (κ1) is 20.3. The van der Waals surface area contributed by atoms with Crippen LogP contribution in [-0.2, 0) is 15.3 Å². The van der Waals surface area contributed by atoms with Crippen LogP contribution in [0, 0.1) is 5.92 Å². The third-order valence-corrected chi connectivity index (χ3v) is 7.24. The van der Waals surface area contributed by atoms with Crippen LogP contribution in [0.3, 0.4) is 0 Å². The quantitative estimate of drug-likeness (QED) is 0.726. The maximum Gasteiger partial charge on any atom is 0.338 e. The normalized spacial score (nSPS) is 22.2. The lowest BCUT2D eigenvalue weighted by Crippen LogP contribution is -2.42. The van der Waals surface area contributed by atoms with E-state index in [-0.39, 0.29) is 18.6 Å². The highest BCUT2D eigenvalue weighted by Gasteiger charge is 2.23. The van der Waals surface area contributed by atoms with Gasteiger partial charge in [-0.25, -0.2) is 4.79 Å². The van der Waals surface area contributed by atoms with Gasteiger partial charge in [-0.05, 0) is 30.4 Å². The number of carbonyl (C=O) groups is 2. The molecule has 0 unspecified atom stereocenters. The number of thioether (sulfide) groups is 2. The minimum absolute atomic E-state index is 0.193. The zero-order valence-electron chi connectivity index (χ0n) is 15.6. The average molecular weight is 407 g/mol. The molecular weight excluding hydrogens is 380 g/mol. The number of benzene rings is 1. The molecule has 3 rings (SSSR count). The molecule has 1 aliphatic carbocycles. The van der Waals surface area contributed by atoms with Crippen LogP contribution in [0.2, 0.25) is 0 Å². The summed E-state index contributed by atoms with van der Waals surface area (Å²) in [6.07, 6.45) is 4.51. The molecule has 7 heteroatoms. The molecule has 0 radical (unpaired) electrons. The SMILES string of the molecule is C[C@H]1CCCC[C@H]1NC(=O)COC(=O)c1ccccc1CSC1=NCCS1. The Kier molecular flexibility index (Phi) is 7.64. The molecule has 1 fully saturated rings. The largest absolute Gasteiger partial charge is 0.452 e. The van der Waals surface area contributed by atoms with E-state index in [1.54, 1.807) is 29.6 Å². The number of ether oxygens (including phenoxy) is 1. The van der Waals surface area contributed by atoms with E-state index in [0.717, 1.165) is 41.5 Å². The maximum atomic E-state index is 12.5. The van der Waals surface area contributed by atoms with Gasteiger partial charge in [0.15, 0.2) is 6.61 Å². The van der Waals surface area contributed by atoms with Gasteiger partial charge in [-0.1, -0.05) is 61.5 Å². The Bertz CT molecular complexity index is 708. The number of amides is 1. The van der Waals surface area contributed by atoms with E-state index in [9.17, 15) is 9.59 Å². The Hall–Kier alpha value is -1.47. The van der Waals surface area contributed by atoms with Crippen molar-refractivity contribution >= 4 is 39.8 Å². The van der Waals surface area contributed by atoms with Crippen molar-refractivity contribution in [2.45, 2.75) is 44.4 Å². The second-order valence-corrected chi connectivity index (χ2v) is 9.26. The number of aliphatic imine (C=N–C) groups is 1. The first-order chi connectivity index (χ1) is 13.1. The molecule has 1 aromatic rings. The summed E-state index contributed by atoms with van der Waals surface area (Å²) < 4.78 is 6.35. The lowest BCUT2D eigenvalue weighted by molar-refractivity contribution is -0.125. The van der Waals surface area contributed by atoms with Crippen LogP contribution >= 0.6 is 23.5 Å². The van der Waals surface area contributed by atoms with E-state index in [1.807, 2.05) is 18.2 Å². The summed E-state index contributed by atoms with van der Waals surface area (Å²) in [6.45, 7) is 2.80. The predicted molar refractivity (Wildman–Crippen MR) is 112 cm³/mol. The van der Waals surface area contributed by atoms with Crippen LogP contribution in [0.1, 0.15) is 48.5 Å². The standard InChI is InChI=1S/C20H26N2O3S2/c1-14-6-2-5-9-17(14)22-18(23)12-25-19(24)16-8-4-3-7-15(16)13-27-20-21-10-11-26-20/h3-4,7-8,14,17H,2,5-6,9-13H2,1H3,(H,22,23)/t14-,17+/m0/s1. The minimum Gasteiger partial charge on any atom is -0.452 e. The number of nitrogens with zero attached hydrogens (tertiary/aromatic N) is 1. The molecule has 1 aliphatic heterocycles. The molecule has 1 N–H and O–H groups in total. The molecular formula is C20H26N2O3S2. The van der Waals surface area contributed by atoms with E-state index in [0.29, 0.717) is 17.2 Å². The van der Waals surface area contributed by atoms with Gasteiger partial charge in [0, 0.05) is 17.5 Å². The fourth-order valence-corrected chi connectivity index (χ4v) is 5.39. The number of hydrogen-bond acceptors (Lipinski definition) is 6. The van der Waals surface area contributed by atoms with Gasteiger partial charge in [0.25, 0.3) is 5.91 Å². The second kappa shape index (κ2) is 10.2. The summed E-state index contributed by atoms with van der Waals surface area (Å²) >= 11 is 3.39. The Morgan fingerprint density at radius 3 is 2.89 bits per heavy atom. The van der Waals surface area contributed by atoms with Crippen LogP contribution in [0.4, 0.5) is 0 Å². The van der Waals surface area contributed by atoms with Gasteiger partial charge in [0.05, 0.1) is 12.1 Å². The average Bonchev–Trinajstić information content (AvgIpc) is 3.20. The van der Waals surface area contributed by atoms with E-state index in [4.69, 9.17) is 4.74 Å². The molecule has 5 nitrogen and oxygen atoms in total. The van der Waals surface area contributed by atoms with Crippen molar-refractivity contribution in [3.05, 3.63) is 35.4 Å². The molecule has 2 aliphatic rings. The second-order valence-electron chi connectivity index (χ2n) is 6.95. The minimum atomic E-state index is -0.445. The Morgan fingerprint density at radius 2 is 2.11 bits per heavy atom. The topological polar surface area (TPSA) is 67.8 Å². The number of rotatable bonds is 6. The third-order valence-electron chi connectivity index (χ3n) is 4.94. The first-order valence-electron chi connectivity index (χ1n) is 9.48. The highest BCUT2D eigenvalue weighted by atomic mass is 32.2. The Labute approximate surface area is 169 Å². The molecule has 1 amide bonds. The molecule has 0 aromatic heterocycles. The van der Waals surface area contributed by atoms with Crippen molar-refractivity contribution in [2.75, 3.05) is 18.9 Å². The van der Waals surface area contributed by atoms with Gasteiger partial charge >= 0.3 is 5.97 Å². The van der Waals surface area contributed by atoms with Crippen LogP contribution < -0.4 is 5.32 Å². The zero-order valence-corrected chi connectivity index (χ0v) is 17.2. The third kappa shape index (κ3) is 6.01. The summed E-state index contributed by atoms with van der Waals surface area (Å²) in [5, 5.41) is 3.01. The molecule has 27 heavy (non-hydrogen) atoms. The van der Waals surface area contributed by atoms with Gasteiger partial charge in [-0.2, -0.15) is 0 Å². The number of carbonyl (C=O) groups excluding carboxylic acids is 2. The molecule has 0 spiro atoms. The van der Waals surface area contributed by atoms with E-state index in [2.05, 4.69) is 17.2 Å². The van der Waals surface area contributed by atoms with Crippen molar-refractivity contribution in [2.24, 2.45) is 10.9 Å². The fraction of sp³-hybridized carbons (Fsp3) is 0.550. The van der Waals surface area contributed by atoms with Crippen LogP contribution in [0.15, 0.2) is 29.3 Å². The number of nitrogens with one attached hydrogen (secondary N) is 1. The van der Waals surface area contributed by atoms with Crippen molar-refractivity contribution < 1.29 is 14.3 Å². The Morgan fingerprint density at radius 1 is 1.30 bits per heavy atom. The lowest BCUT2D eigenvalue weighted by atomic mass is 9.86. The molecule has 1 heterocycles. The monoisotopic (exact) mass is 406 g/mol. The molecule has 1 saturated carbocycles. The Balaban J connectivity index is 1.50. The van der Waals surface area contributed by atoms with Crippen molar-refractivity contribution in [1.29, 1.82) is 0 Å². The van der Waals surface area contributed by atoms with E-state index >= 15 is 0 Å². The van der Waals surface area contributed by atoms with Crippen LogP contribution in [0.25, 0.3) is 0 Å². The van der Waals surface area contributed by atoms with E-state index < -0.39 is 5.97 Å². The van der Waals surface area contributed by atoms with Gasteiger partial charge in [-0.3, -0.25) is 9.79 Å².